The van der Waals surface area contributed by atoms with Gasteiger partial charge in [0.1, 0.15) is 35.1 Å². The molecule has 0 saturated carbocycles. The summed E-state index contributed by atoms with van der Waals surface area (Å²) in [7, 11) is 0. The Hall–Kier alpha value is -3.83. The molecule has 3 aliphatic heterocycles. The van der Waals surface area contributed by atoms with E-state index in [1.807, 2.05) is 25.7 Å². The Bertz CT molecular complexity index is 1810. The van der Waals surface area contributed by atoms with Gasteiger partial charge in [0, 0.05) is 43.3 Å². The number of halogens is 3. The lowest BCUT2D eigenvalue weighted by Crippen LogP contribution is -2.50. The monoisotopic (exact) mass is 650 g/mol. The van der Waals surface area contributed by atoms with Crippen LogP contribution < -0.4 is 9.64 Å². The van der Waals surface area contributed by atoms with Gasteiger partial charge in [0.25, 0.3) is 0 Å². The Kier molecular flexibility index (Phi) is 7.87. The lowest BCUT2D eigenvalue weighted by Gasteiger charge is -2.36. The van der Waals surface area contributed by atoms with E-state index in [9.17, 15) is 9.18 Å². The first-order valence-corrected chi connectivity index (χ1v) is 16.2. The largest absolute Gasteiger partial charge is 0.461 e. The number of carbonyl (C=O) groups excluding carboxylic acids is 1. The van der Waals surface area contributed by atoms with E-state index in [4.69, 9.17) is 26.1 Å². The lowest BCUT2D eigenvalue weighted by atomic mass is 9.95. The maximum absolute atomic E-state index is 16.7. The summed E-state index contributed by atoms with van der Waals surface area (Å²) in [4.78, 5) is 32.8. The highest BCUT2D eigenvalue weighted by Crippen LogP contribution is 2.41. The number of carbonyl (C=O) groups is 1. The molecule has 0 unspecified atom stereocenters. The van der Waals surface area contributed by atoms with Gasteiger partial charge >= 0.3 is 12.1 Å². The van der Waals surface area contributed by atoms with Crippen LogP contribution in [0.2, 0.25) is 5.02 Å². The summed E-state index contributed by atoms with van der Waals surface area (Å²) in [5.74, 6) is -0.787. The summed E-state index contributed by atoms with van der Waals surface area (Å²) in [5, 5.41) is 1.36. The average Bonchev–Trinajstić information content (AvgIpc) is 3.62. The van der Waals surface area contributed by atoms with Crippen molar-refractivity contribution in [1.82, 2.24) is 24.8 Å². The molecule has 1 amide bonds. The number of benzene rings is 2. The van der Waals surface area contributed by atoms with Crippen molar-refractivity contribution >= 4 is 45.2 Å². The molecule has 9 nitrogen and oxygen atoms in total. The molecule has 2 aromatic heterocycles. The molecule has 12 heteroatoms. The number of rotatable bonds is 5. The molecule has 3 aliphatic rings. The summed E-state index contributed by atoms with van der Waals surface area (Å²) in [6, 6.07) is 8.21. The first-order valence-electron chi connectivity index (χ1n) is 15.9. The standard InChI is InChI=1S/C34H37ClF2N6O3/c1-33(2,3)46-32(44)42-17-15-41(16-18-42)30-23-19-38-28(22-8-4-7-21-9-10-24(36)26(35)25(21)22)27(37)29(23)39-31(40-30)45-20-34-11-5-13-43(34)14-6-12-34/h4,7-10,19H,5-6,11-18,20H2,1-3H3. The van der Waals surface area contributed by atoms with Crippen molar-refractivity contribution in [3.63, 3.8) is 0 Å². The number of fused-ring (bicyclic) bond motifs is 3. The van der Waals surface area contributed by atoms with Gasteiger partial charge < -0.3 is 19.3 Å². The first-order chi connectivity index (χ1) is 22.0. The van der Waals surface area contributed by atoms with Gasteiger partial charge in [0.15, 0.2) is 5.82 Å². The Morgan fingerprint density at radius 2 is 1.74 bits per heavy atom. The third-order valence-electron chi connectivity index (χ3n) is 9.35. The zero-order chi connectivity index (χ0) is 32.2. The van der Waals surface area contributed by atoms with Crippen molar-refractivity contribution in [2.75, 3.05) is 50.8 Å². The fraction of sp³-hybridized carbons (Fsp3) is 0.471. The molecule has 2 aromatic carbocycles. The molecule has 7 rings (SSSR count). The molecular weight excluding hydrogens is 614 g/mol. The third-order valence-corrected chi connectivity index (χ3v) is 9.72. The van der Waals surface area contributed by atoms with Crippen LogP contribution in [-0.2, 0) is 4.74 Å². The minimum absolute atomic E-state index is 0.00676. The van der Waals surface area contributed by atoms with E-state index in [-0.39, 0.29) is 33.9 Å². The van der Waals surface area contributed by atoms with Crippen LogP contribution in [0.1, 0.15) is 46.5 Å². The molecule has 0 radical (unpaired) electrons. The van der Waals surface area contributed by atoms with Crippen molar-refractivity contribution in [1.29, 1.82) is 0 Å². The number of pyridine rings is 1. The highest BCUT2D eigenvalue weighted by Gasteiger charge is 2.45. The molecule has 0 aliphatic carbocycles. The van der Waals surface area contributed by atoms with Gasteiger partial charge in [-0.25, -0.2) is 13.6 Å². The molecule has 4 aromatic rings. The molecule has 0 bridgehead atoms. The van der Waals surface area contributed by atoms with Gasteiger partial charge in [-0.3, -0.25) is 9.88 Å². The number of piperazine rings is 1. The van der Waals surface area contributed by atoms with Crippen LogP contribution in [0.15, 0.2) is 36.5 Å². The fourth-order valence-corrected chi connectivity index (χ4v) is 7.38. The van der Waals surface area contributed by atoms with Gasteiger partial charge in [-0.15, -0.1) is 0 Å². The second kappa shape index (κ2) is 11.8. The molecule has 3 fully saturated rings. The van der Waals surface area contributed by atoms with E-state index >= 15 is 4.39 Å². The molecule has 0 N–H and O–H groups in total. The molecule has 242 valence electrons. The van der Waals surface area contributed by atoms with Crippen LogP contribution in [0.4, 0.5) is 19.4 Å². The summed E-state index contributed by atoms with van der Waals surface area (Å²) >= 11 is 6.40. The number of nitrogens with zero attached hydrogens (tertiary/aromatic N) is 6. The van der Waals surface area contributed by atoms with Crippen molar-refractivity contribution in [2.24, 2.45) is 0 Å². The minimum atomic E-state index is -0.673. The Morgan fingerprint density at radius 3 is 2.46 bits per heavy atom. The van der Waals surface area contributed by atoms with Crippen LogP contribution in [0.25, 0.3) is 32.9 Å². The lowest BCUT2D eigenvalue weighted by molar-refractivity contribution is 0.0240. The van der Waals surface area contributed by atoms with Gasteiger partial charge in [-0.05, 0) is 71.0 Å². The Labute approximate surface area is 271 Å². The topological polar surface area (TPSA) is 83.9 Å². The van der Waals surface area contributed by atoms with Gasteiger partial charge in [-0.1, -0.05) is 35.9 Å². The van der Waals surface area contributed by atoms with E-state index in [2.05, 4.69) is 14.9 Å². The molecule has 3 saturated heterocycles. The average molecular weight is 651 g/mol. The second-order valence-corrected chi connectivity index (χ2v) is 13.8. The van der Waals surface area contributed by atoms with Crippen molar-refractivity contribution in [3.8, 4) is 17.3 Å². The van der Waals surface area contributed by atoms with Crippen LogP contribution in [0.5, 0.6) is 6.01 Å². The molecule has 0 spiro atoms. The number of hydrogen-bond acceptors (Lipinski definition) is 8. The minimum Gasteiger partial charge on any atom is -0.461 e. The van der Waals surface area contributed by atoms with E-state index < -0.39 is 17.2 Å². The summed E-state index contributed by atoms with van der Waals surface area (Å²) in [6.45, 7) is 9.74. The van der Waals surface area contributed by atoms with E-state index in [1.54, 1.807) is 35.4 Å². The number of aromatic nitrogens is 3. The summed E-state index contributed by atoms with van der Waals surface area (Å²) in [5.41, 5.74) is -0.230. The zero-order valence-electron chi connectivity index (χ0n) is 26.3. The Morgan fingerprint density at radius 1 is 1.00 bits per heavy atom. The van der Waals surface area contributed by atoms with Crippen molar-refractivity contribution in [3.05, 3.63) is 53.2 Å². The van der Waals surface area contributed by atoms with Gasteiger partial charge in [0.05, 0.1) is 15.9 Å². The molecule has 5 heterocycles. The number of amides is 1. The molecule has 0 atom stereocenters. The SMILES string of the molecule is CC(C)(C)OC(=O)N1CCN(c2nc(OCC34CCCN3CCC4)nc3c(F)c(-c4cccc5ccc(F)c(Cl)c45)ncc23)CC1. The predicted octanol–water partition coefficient (Wildman–Crippen LogP) is 6.84. The van der Waals surface area contributed by atoms with Gasteiger partial charge in [-0.2, -0.15) is 9.97 Å². The number of hydrogen-bond donors (Lipinski definition) is 0. The smallest absolute Gasteiger partial charge is 0.410 e. The van der Waals surface area contributed by atoms with E-state index in [0.717, 1.165) is 38.8 Å². The number of anilines is 1. The zero-order valence-corrected chi connectivity index (χ0v) is 27.0. The van der Waals surface area contributed by atoms with Crippen molar-refractivity contribution < 1.29 is 23.0 Å². The maximum Gasteiger partial charge on any atom is 0.410 e. The second-order valence-electron chi connectivity index (χ2n) is 13.4. The quantitative estimate of drug-likeness (QED) is 0.232. The van der Waals surface area contributed by atoms with Gasteiger partial charge in [0.2, 0.25) is 0 Å². The van der Waals surface area contributed by atoms with Crippen LogP contribution in [0.3, 0.4) is 0 Å². The van der Waals surface area contributed by atoms with E-state index in [1.165, 1.54) is 6.07 Å². The Balaban J connectivity index is 1.28. The van der Waals surface area contributed by atoms with E-state index in [0.29, 0.717) is 60.3 Å². The number of ether oxygens (including phenoxy) is 2. The predicted molar refractivity (Wildman–Crippen MR) is 173 cm³/mol. The maximum atomic E-state index is 16.7. The van der Waals surface area contributed by atoms with Crippen molar-refractivity contribution in [2.45, 2.75) is 57.6 Å². The van der Waals surface area contributed by atoms with Crippen LogP contribution in [-0.4, -0.2) is 87.9 Å². The van der Waals surface area contributed by atoms with Crippen LogP contribution >= 0.6 is 11.6 Å². The summed E-state index contributed by atoms with van der Waals surface area (Å²) < 4.78 is 43.1. The highest BCUT2D eigenvalue weighted by atomic mass is 35.5. The molecular formula is C34H37ClF2N6O3. The normalized spacial score (nSPS) is 18.4. The third kappa shape index (κ3) is 5.57. The van der Waals surface area contributed by atoms with Crippen LogP contribution in [0, 0.1) is 11.6 Å². The summed E-state index contributed by atoms with van der Waals surface area (Å²) in [6.07, 6.45) is 5.50. The highest BCUT2D eigenvalue weighted by molar-refractivity contribution is 6.36. The molecule has 46 heavy (non-hydrogen) atoms. The fourth-order valence-electron chi connectivity index (χ4n) is 7.11. The first kappa shape index (κ1) is 30.8.